The van der Waals surface area contributed by atoms with E-state index in [9.17, 15) is 4.79 Å². The summed E-state index contributed by atoms with van der Waals surface area (Å²) >= 11 is 0. The van der Waals surface area contributed by atoms with Gasteiger partial charge in [-0.15, -0.1) is 0 Å². The Balaban J connectivity index is 2.62. The second kappa shape index (κ2) is 3.88. The number of carbonyl (C=O) groups is 1. The molecule has 1 fully saturated rings. The van der Waals surface area contributed by atoms with Crippen LogP contribution >= 0.6 is 8.38 Å². The fourth-order valence-corrected chi connectivity index (χ4v) is 2.91. The number of rotatable bonds is 2. The normalized spacial score (nSPS) is 23.5. The first-order chi connectivity index (χ1) is 6.26. The van der Waals surface area contributed by atoms with E-state index < -0.39 is 13.5 Å². The van der Waals surface area contributed by atoms with Gasteiger partial charge >= 0.3 is 0 Å². The highest BCUT2D eigenvalue weighted by Gasteiger charge is 2.41. The summed E-state index contributed by atoms with van der Waals surface area (Å²) in [7, 11) is -1.06. The maximum atomic E-state index is 11.4. The van der Waals surface area contributed by atoms with Gasteiger partial charge in [-0.25, -0.2) is 0 Å². The smallest absolute Gasteiger partial charge is 0.184 e. The largest absolute Gasteiger partial charge is 0.333 e. The lowest BCUT2D eigenvalue weighted by Crippen LogP contribution is -2.36. The molecular formula is C10H19O3P. The summed E-state index contributed by atoms with van der Waals surface area (Å²) in [5.41, 5.74) is 0.0751. The molecule has 0 saturated carbocycles. The van der Waals surface area contributed by atoms with Crippen LogP contribution in [0.4, 0.5) is 0 Å². The predicted octanol–water partition coefficient (Wildman–Crippen LogP) is 2.74. The van der Waals surface area contributed by atoms with Crippen LogP contribution in [0.25, 0.3) is 0 Å². The molecule has 0 atom stereocenters. The van der Waals surface area contributed by atoms with Gasteiger partial charge in [-0.2, -0.15) is 0 Å². The lowest BCUT2D eigenvalue weighted by molar-refractivity contribution is -0.119. The fourth-order valence-electron chi connectivity index (χ4n) is 0.997. The van der Waals surface area contributed by atoms with E-state index in [1.54, 1.807) is 6.92 Å². The molecule has 3 nitrogen and oxygen atoms in total. The van der Waals surface area contributed by atoms with Crippen LogP contribution in [0.5, 0.6) is 0 Å². The van der Waals surface area contributed by atoms with Crippen molar-refractivity contribution in [3.8, 4) is 0 Å². The van der Waals surface area contributed by atoms with Gasteiger partial charge in [-0.05, 0) is 20.8 Å². The Morgan fingerprint density at radius 2 is 1.71 bits per heavy atom. The third kappa shape index (κ3) is 2.53. The molecule has 0 aromatic rings. The van der Waals surface area contributed by atoms with E-state index in [1.165, 1.54) is 0 Å². The minimum Gasteiger partial charge on any atom is -0.333 e. The molecule has 0 aromatic heterocycles. The van der Waals surface area contributed by atoms with Gasteiger partial charge in [0.15, 0.2) is 8.38 Å². The molecule has 0 spiro atoms. The molecule has 0 radical (unpaired) electrons. The quantitative estimate of drug-likeness (QED) is 0.668. The van der Waals surface area contributed by atoms with Crippen LogP contribution in [0.15, 0.2) is 0 Å². The van der Waals surface area contributed by atoms with Gasteiger partial charge in [0.2, 0.25) is 0 Å². The average Bonchev–Trinajstić information content (AvgIpc) is 2.03. The molecule has 1 saturated heterocycles. The van der Waals surface area contributed by atoms with Gasteiger partial charge in [0, 0.05) is 5.41 Å². The third-order valence-electron chi connectivity index (χ3n) is 2.46. The summed E-state index contributed by atoms with van der Waals surface area (Å²) in [5.74, 6) is 0.128. The topological polar surface area (TPSA) is 35.5 Å². The molecular weight excluding hydrogens is 199 g/mol. The number of hydrogen-bond donors (Lipinski definition) is 0. The second-order valence-corrected chi connectivity index (χ2v) is 7.23. The molecule has 1 aliphatic rings. The van der Waals surface area contributed by atoms with E-state index in [0.717, 1.165) is 0 Å². The maximum absolute atomic E-state index is 11.4. The molecule has 0 N–H and O–H groups in total. The maximum Gasteiger partial charge on any atom is 0.184 e. The Morgan fingerprint density at radius 1 is 1.29 bits per heavy atom. The van der Waals surface area contributed by atoms with E-state index in [0.29, 0.717) is 13.2 Å². The fraction of sp³-hybridized carbons (Fsp3) is 0.900. The van der Waals surface area contributed by atoms with Crippen LogP contribution in [0.2, 0.25) is 0 Å². The zero-order valence-electron chi connectivity index (χ0n) is 9.59. The number of carbonyl (C=O) groups excluding carboxylic acids is 1. The van der Waals surface area contributed by atoms with Crippen LogP contribution in [-0.4, -0.2) is 24.2 Å². The van der Waals surface area contributed by atoms with Crippen molar-refractivity contribution in [2.75, 3.05) is 13.2 Å². The first kappa shape index (κ1) is 12.1. The van der Waals surface area contributed by atoms with Crippen molar-refractivity contribution in [3.05, 3.63) is 0 Å². The van der Waals surface area contributed by atoms with Crippen LogP contribution in [0, 0.1) is 5.41 Å². The van der Waals surface area contributed by atoms with E-state index in [4.69, 9.17) is 9.05 Å². The Labute approximate surface area is 87.1 Å². The first-order valence-corrected chi connectivity index (χ1v) is 6.00. The molecule has 0 aromatic carbocycles. The number of hydrogen-bond acceptors (Lipinski definition) is 3. The standard InChI is InChI=1S/C10H19O3P/c1-8(11)10(4,5)14-12-6-9(2,3)7-13-14/h6-7H2,1-5H3. The molecule has 1 heterocycles. The highest BCUT2D eigenvalue weighted by molar-refractivity contribution is 7.50. The highest BCUT2D eigenvalue weighted by atomic mass is 31.2. The van der Waals surface area contributed by atoms with E-state index in [1.807, 2.05) is 13.8 Å². The van der Waals surface area contributed by atoms with Crippen molar-refractivity contribution >= 4 is 14.2 Å². The average molecular weight is 218 g/mol. The molecule has 0 amide bonds. The Morgan fingerprint density at radius 3 is 2.07 bits per heavy atom. The molecule has 14 heavy (non-hydrogen) atoms. The summed E-state index contributed by atoms with van der Waals surface area (Å²) < 4.78 is 11.3. The van der Waals surface area contributed by atoms with Crippen molar-refractivity contribution in [1.82, 2.24) is 0 Å². The molecule has 0 unspecified atom stereocenters. The summed E-state index contributed by atoms with van der Waals surface area (Å²) in [6.07, 6.45) is 0. The van der Waals surface area contributed by atoms with Crippen LogP contribution in [0.3, 0.4) is 0 Å². The van der Waals surface area contributed by atoms with Crippen molar-refractivity contribution in [1.29, 1.82) is 0 Å². The SMILES string of the molecule is CC(=O)C(C)(C)P1OCC(C)(C)CO1. The molecule has 4 heteroatoms. The van der Waals surface area contributed by atoms with Gasteiger partial charge in [-0.1, -0.05) is 13.8 Å². The molecule has 1 rings (SSSR count). The minimum atomic E-state index is -1.06. The number of ketones is 1. The Hall–Kier alpha value is 0.0200. The summed E-state index contributed by atoms with van der Waals surface area (Å²) in [6, 6.07) is 0. The first-order valence-electron chi connectivity index (χ1n) is 4.83. The molecule has 1 aliphatic heterocycles. The molecule has 82 valence electrons. The number of Topliss-reactive ketones (excluding diaryl/α,β-unsaturated/α-hetero) is 1. The monoisotopic (exact) mass is 218 g/mol. The van der Waals surface area contributed by atoms with Gasteiger partial charge in [0.1, 0.15) is 5.78 Å². The summed E-state index contributed by atoms with van der Waals surface area (Å²) in [5, 5.41) is -0.480. The van der Waals surface area contributed by atoms with Crippen LogP contribution in [-0.2, 0) is 13.8 Å². The van der Waals surface area contributed by atoms with Gasteiger partial charge < -0.3 is 9.05 Å². The van der Waals surface area contributed by atoms with E-state index >= 15 is 0 Å². The van der Waals surface area contributed by atoms with Gasteiger partial charge in [0.05, 0.1) is 18.4 Å². The molecule has 0 aliphatic carbocycles. The van der Waals surface area contributed by atoms with Crippen LogP contribution < -0.4 is 0 Å². The summed E-state index contributed by atoms with van der Waals surface area (Å²) in [6.45, 7) is 10.9. The Bertz CT molecular complexity index is 226. The molecule has 0 bridgehead atoms. The van der Waals surface area contributed by atoms with E-state index in [2.05, 4.69) is 13.8 Å². The zero-order chi connectivity index (χ0) is 11.0. The van der Waals surface area contributed by atoms with E-state index in [-0.39, 0.29) is 11.2 Å². The third-order valence-corrected chi connectivity index (χ3v) is 4.42. The van der Waals surface area contributed by atoms with Gasteiger partial charge in [0.25, 0.3) is 0 Å². The Kier molecular flexibility index (Phi) is 3.35. The second-order valence-electron chi connectivity index (χ2n) is 5.08. The predicted molar refractivity (Wildman–Crippen MR) is 57.4 cm³/mol. The van der Waals surface area contributed by atoms with Gasteiger partial charge in [-0.3, -0.25) is 4.79 Å². The minimum absolute atomic E-state index is 0.0751. The van der Waals surface area contributed by atoms with Crippen molar-refractivity contribution in [3.63, 3.8) is 0 Å². The lowest BCUT2D eigenvalue weighted by Gasteiger charge is -2.39. The van der Waals surface area contributed by atoms with Crippen molar-refractivity contribution < 1.29 is 13.8 Å². The van der Waals surface area contributed by atoms with Crippen molar-refractivity contribution in [2.24, 2.45) is 5.41 Å². The van der Waals surface area contributed by atoms with Crippen molar-refractivity contribution in [2.45, 2.75) is 39.8 Å². The lowest BCUT2D eigenvalue weighted by atomic mass is 9.97. The highest BCUT2D eigenvalue weighted by Crippen LogP contribution is 2.55. The zero-order valence-corrected chi connectivity index (χ0v) is 10.5. The summed E-state index contributed by atoms with van der Waals surface area (Å²) in [4.78, 5) is 11.4. The van der Waals surface area contributed by atoms with Crippen LogP contribution in [0.1, 0.15) is 34.6 Å².